The van der Waals surface area contributed by atoms with Crippen molar-refractivity contribution in [3.63, 3.8) is 0 Å². The zero-order valence-electron chi connectivity index (χ0n) is 23.9. The molecule has 41 heavy (non-hydrogen) atoms. The van der Waals surface area contributed by atoms with Gasteiger partial charge in [-0.15, -0.1) is 0 Å². The number of hydrogen-bond acceptors (Lipinski definition) is 7. The van der Waals surface area contributed by atoms with Crippen LogP contribution in [-0.4, -0.2) is 96.8 Å². The molecule has 3 amide bonds. The van der Waals surface area contributed by atoms with Crippen LogP contribution >= 0.6 is 0 Å². The zero-order chi connectivity index (χ0) is 28.9. The second-order valence-corrected chi connectivity index (χ2v) is 10.4. The summed E-state index contributed by atoms with van der Waals surface area (Å²) in [5.74, 6) is 1.47. The van der Waals surface area contributed by atoms with Gasteiger partial charge in [0, 0.05) is 69.0 Å². The molecule has 0 spiro atoms. The van der Waals surface area contributed by atoms with E-state index in [0.717, 1.165) is 42.0 Å². The number of carbonyl (C=O) groups is 2. The number of aryl methyl sites for hydroxylation is 1. The summed E-state index contributed by atoms with van der Waals surface area (Å²) >= 11 is 0. The molecule has 0 unspecified atom stereocenters. The van der Waals surface area contributed by atoms with Crippen molar-refractivity contribution in [3.05, 3.63) is 66.4 Å². The second kappa shape index (κ2) is 12.4. The number of amides is 3. The molecule has 1 saturated heterocycles. The first-order chi connectivity index (χ1) is 19.8. The highest BCUT2D eigenvalue weighted by Crippen LogP contribution is 2.29. The molecule has 3 heterocycles. The summed E-state index contributed by atoms with van der Waals surface area (Å²) in [4.78, 5) is 40.9. The molecule has 2 N–H and O–H groups in total. The normalized spacial score (nSPS) is 13.4. The fourth-order valence-electron chi connectivity index (χ4n) is 4.66. The van der Waals surface area contributed by atoms with Gasteiger partial charge in [0.1, 0.15) is 5.52 Å². The van der Waals surface area contributed by atoms with Crippen LogP contribution in [0.1, 0.15) is 10.4 Å². The number of morpholine rings is 1. The summed E-state index contributed by atoms with van der Waals surface area (Å²) in [6.45, 7) is 4.32. The molecule has 0 atom stereocenters. The number of rotatable bonds is 8. The first-order valence-corrected chi connectivity index (χ1v) is 13.6. The highest BCUT2D eigenvalue weighted by atomic mass is 16.5. The van der Waals surface area contributed by atoms with Crippen molar-refractivity contribution in [1.29, 1.82) is 0 Å². The molecule has 2 aromatic heterocycles. The van der Waals surface area contributed by atoms with Crippen LogP contribution in [0.2, 0.25) is 0 Å². The third kappa shape index (κ3) is 6.64. The summed E-state index contributed by atoms with van der Waals surface area (Å²) in [5, 5.41) is 5.67. The number of anilines is 3. The van der Waals surface area contributed by atoms with Gasteiger partial charge >= 0.3 is 6.03 Å². The molecule has 5 rings (SSSR count). The average molecular weight is 557 g/mol. The lowest BCUT2D eigenvalue weighted by Gasteiger charge is -2.28. The molecule has 11 nitrogen and oxygen atoms in total. The van der Waals surface area contributed by atoms with Crippen LogP contribution in [0.15, 0.2) is 60.8 Å². The van der Waals surface area contributed by atoms with Gasteiger partial charge in [-0.2, -0.15) is 0 Å². The number of carbonyl (C=O) groups excluding carboxylic acids is 2. The number of hydrogen-bond donors (Lipinski definition) is 2. The lowest BCUT2D eigenvalue weighted by atomic mass is 10.2. The molecule has 1 aliphatic rings. The van der Waals surface area contributed by atoms with Crippen LogP contribution in [0, 0.1) is 0 Å². The minimum Gasteiger partial charge on any atom is -0.378 e. The number of benzene rings is 2. The van der Waals surface area contributed by atoms with Crippen LogP contribution < -0.4 is 15.5 Å². The van der Waals surface area contributed by atoms with Crippen molar-refractivity contribution in [2.24, 2.45) is 7.05 Å². The van der Waals surface area contributed by atoms with Gasteiger partial charge in [0.2, 0.25) is 0 Å². The number of ether oxygens (including phenoxy) is 1. The predicted molar refractivity (Wildman–Crippen MR) is 162 cm³/mol. The third-order valence-corrected chi connectivity index (χ3v) is 7.03. The SMILES string of the molecule is CN(C)CCN(C)C(=O)c1ccc(NC(=O)Nc2ccc(-c3nc(N4CCOCC4)c4c(ccn4C)n3)cc2)cc1. The summed E-state index contributed by atoms with van der Waals surface area (Å²) in [5.41, 5.74) is 4.53. The highest BCUT2D eigenvalue weighted by Gasteiger charge is 2.20. The van der Waals surface area contributed by atoms with Crippen LogP contribution in [0.3, 0.4) is 0 Å². The summed E-state index contributed by atoms with van der Waals surface area (Å²) < 4.78 is 7.58. The van der Waals surface area contributed by atoms with Gasteiger partial charge in [-0.25, -0.2) is 14.8 Å². The fourth-order valence-corrected chi connectivity index (χ4v) is 4.66. The molecule has 11 heteroatoms. The summed E-state index contributed by atoms with van der Waals surface area (Å²) in [6, 6.07) is 15.9. The highest BCUT2D eigenvalue weighted by molar-refractivity contribution is 6.00. The maximum atomic E-state index is 12.6. The Kier molecular flexibility index (Phi) is 8.46. The lowest BCUT2D eigenvalue weighted by Crippen LogP contribution is -2.37. The minimum atomic E-state index is -0.378. The van der Waals surface area contributed by atoms with Gasteiger partial charge in [0.25, 0.3) is 5.91 Å². The van der Waals surface area contributed by atoms with Crippen LogP contribution in [0.4, 0.5) is 22.0 Å². The Hall–Kier alpha value is -4.48. The van der Waals surface area contributed by atoms with E-state index in [0.29, 0.717) is 42.5 Å². The largest absolute Gasteiger partial charge is 0.378 e. The standard InChI is InChI=1S/C30H36N8O3/c1-35(2)15-16-37(4)29(39)22-7-11-24(12-8-22)32-30(40)31-23-9-5-21(6-10-23)27-33-25-13-14-36(3)26(25)28(34-27)38-17-19-41-20-18-38/h5-14H,15-20H2,1-4H3,(H2,31,32,40). The van der Waals surface area contributed by atoms with E-state index in [1.54, 1.807) is 36.2 Å². The lowest BCUT2D eigenvalue weighted by molar-refractivity contribution is 0.0786. The quantitative estimate of drug-likeness (QED) is 0.340. The smallest absolute Gasteiger partial charge is 0.323 e. The number of likely N-dealkylation sites (N-methyl/N-ethyl adjacent to an activating group) is 2. The molecule has 0 aliphatic carbocycles. The van der Waals surface area contributed by atoms with Crippen molar-refractivity contribution >= 4 is 40.2 Å². The first kappa shape index (κ1) is 28.1. The molecular formula is C30H36N8O3. The Morgan fingerprint density at radius 1 is 0.878 bits per heavy atom. The van der Waals surface area contributed by atoms with Gasteiger partial charge in [-0.1, -0.05) is 0 Å². The van der Waals surface area contributed by atoms with Crippen LogP contribution in [-0.2, 0) is 11.8 Å². The van der Waals surface area contributed by atoms with Crippen LogP contribution in [0.25, 0.3) is 22.4 Å². The van der Waals surface area contributed by atoms with E-state index in [-0.39, 0.29) is 11.9 Å². The molecule has 0 saturated carbocycles. The second-order valence-electron chi connectivity index (χ2n) is 10.4. The number of urea groups is 1. The number of aromatic nitrogens is 3. The van der Waals surface area contributed by atoms with Crippen molar-refractivity contribution in [2.45, 2.75) is 0 Å². The Morgan fingerprint density at radius 3 is 2.15 bits per heavy atom. The number of nitrogens with zero attached hydrogens (tertiary/aromatic N) is 6. The Bertz CT molecular complexity index is 1510. The van der Waals surface area contributed by atoms with E-state index in [4.69, 9.17) is 14.7 Å². The van der Waals surface area contributed by atoms with Crippen molar-refractivity contribution in [2.75, 3.05) is 76.1 Å². The van der Waals surface area contributed by atoms with E-state index in [1.165, 1.54) is 0 Å². The van der Waals surface area contributed by atoms with E-state index >= 15 is 0 Å². The van der Waals surface area contributed by atoms with Gasteiger partial charge in [-0.3, -0.25) is 4.79 Å². The first-order valence-electron chi connectivity index (χ1n) is 13.6. The molecule has 0 radical (unpaired) electrons. The Balaban J connectivity index is 1.23. The zero-order valence-corrected chi connectivity index (χ0v) is 23.9. The molecule has 1 fully saturated rings. The minimum absolute atomic E-state index is 0.0598. The molecule has 1 aliphatic heterocycles. The average Bonchev–Trinajstić information content (AvgIpc) is 3.36. The van der Waals surface area contributed by atoms with E-state index in [9.17, 15) is 9.59 Å². The van der Waals surface area contributed by atoms with Gasteiger partial charge < -0.3 is 34.6 Å². The third-order valence-electron chi connectivity index (χ3n) is 7.03. The molecule has 4 aromatic rings. The van der Waals surface area contributed by atoms with Gasteiger partial charge in [-0.05, 0) is 68.7 Å². The summed E-state index contributed by atoms with van der Waals surface area (Å²) in [7, 11) is 7.73. The predicted octanol–water partition coefficient (Wildman–Crippen LogP) is 3.75. The molecule has 0 bridgehead atoms. The van der Waals surface area contributed by atoms with Gasteiger partial charge in [0.05, 0.1) is 18.7 Å². The van der Waals surface area contributed by atoms with E-state index in [2.05, 4.69) is 15.5 Å². The Morgan fingerprint density at radius 2 is 1.51 bits per heavy atom. The van der Waals surface area contributed by atoms with E-state index < -0.39 is 0 Å². The fraction of sp³-hybridized carbons (Fsp3) is 0.333. The number of fused-ring (bicyclic) bond motifs is 1. The van der Waals surface area contributed by atoms with Crippen molar-refractivity contribution < 1.29 is 14.3 Å². The molecular weight excluding hydrogens is 520 g/mol. The maximum absolute atomic E-state index is 12.6. The Labute approximate surface area is 239 Å². The molecule has 214 valence electrons. The monoisotopic (exact) mass is 556 g/mol. The molecule has 2 aromatic carbocycles. The van der Waals surface area contributed by atoms with Crippen LogP contribution in [0.5, 0.6) is 0 Å². The van der Waals surface area contributed by atoms with Crippen molar-refractivity contribution in [1.82, 2.24) is 24.3 Å². The van der Waals surface area contributed by atoms with Gasteiger partial charge in [0.15, 0.2) is 11.6 Å². The summed E-state index contributed by atoms with van der Waals surface area (Å²) in [6.07, 6.45) is 2.00. The topological polar surface area (TPSA) is 108 Å². The maximum Gasteiger partial charge on any atom is 0.323 e. The number of nitrogens with one attached hydrogen (secondary N) is 2. The van der Waals surface area contributed by atoms with Crippen molar-refractivity contribution in [3.8, 4) is 11.4 Å². The van der Waals surface area contributed by atoms with E-state index in [1.807, 2.05) is 67.1 Å².